The largest absolute Gasteiger partial charge is 0.347 e. The van der Waals surface area contributed by atoms with Crippen LogP contribution in [0.25, 0.3) is 0 Å². The minimum atomic E-state index is -0.581. The van der Waals surface area contributed by atoms with Crippen LogP contribution in [-0.2, 0) is 9.59 Å². The summed E-state index contributed by atoms with van der Waals surface area (Å²) >= 11 is 0. The van der Waals surface area contributed by atoms with Gasteiger partial charge >= 0.3 is 0 Å². The Hall–Kier alpha value is -3.22. The Morgan fingerprint density at radius 3 is 2.37 bits per heavy atom. The van der Waals surface area contributed by atoms with Crippen molar-refractivity contribution in [2.24, 2.45) is 5.92 Å². The molecule has 0 spiro atoms. The summed E-state index contributed by atoms with van der Waals surface area (Å²) in [5, 5.41) is 5.65. The number of carbonyl (C=O) groups excluding carboxylic acids is 3. The molecule has 1 fully saturated rings. The van der Waals surface area contributed by atoms with E-state index in [0.29, 0.717) is 11.3 Å². The maximum atomic E-state index is 14.2. The fourth-order valence-electron chi connectivity index (χ4n) is 3.31. The topological polar surface area (TPSA) is 78.5 Å². The Bertz CT molecular complexity index is 980. The van der Waals surface area contributed by atoms with Crippen LogP contribution in [0.2, 0.25) is 0 Å². The Morgan fingerprint density at radius 2 is 1.77 bits per heavy atom. The first-order chi connectivity index (χ1) is 14.0. The first kappa shape index (κ1) is 21.5. The van der Waals surface area contributed by atoms with Gasteiger partial charge in [0.05, 0.1) is 11.6 Å². The third-order valence-electron chi connectivity index (χ3n) is 4.79. The zero-order chi connectivity index (χ0) is 22.1. The smallest absolute Gasteiger partial charge is 0.251 e. The molecule has 30 heavy (non-hydrogen) atoms. The van der Waals surface area contributed by atoms with Gasteiger partial charge in [0.25, 0.3) is 5.91 Å². The average Bonchev–Trinajstić information content (AvgIpc) is 3.02. The highest BCUT2D eigenvalue weighted by atomic mass is 19.1. The molecular weight excluding hydrogens is 385 g/mol. The molecule has 2 N–H and O–H groups in total. The van der Waals surface area contributed by atoms with E-state index in [4.69, 9.17) is 0 Å². The summed E-state index contributed by atoms with van der Waals surface area (Å²) in [5.41, 5.74) is 1.62. The van der Waals surface area contributed by atoms with Crippen LogP contribution in [-0.4, -0.2) is 29.8 Å². The van der Waals surface area contributed by atoms with Crippen LogP contribution in [0.15, 0.2) is 42.5 Å². The van der Waals surface area contributed by atoms with E-state index in [0.717, 1.165) is 5.56 Å². The van der Waals surface area contributed by atoms with Crippen LogP contribution >= 0.6 is 0 Å². The van der Waals surface area contributed by atoms with Crippen molar-refractivity contribution in [1.82, 2.24) is 5.32 Å². The van der Waals surface area contributed by atoms with Crippen molar-refractivity contribution in [2.75, 3.05) is 16.8 Å². The van der Waals surface area contributed by atoms with E-state index in [-0.39, 0.29) is 41.9 Å². The third kappa shape index (κ3) is 5.03. The summed E-state index contributed by atoms with van der Waals surface area (Å²) in [6.07, 6.45) is 0.0191. The SMILES string of the molecule is Cc1ccc(N2CC(C(=O)Nc3ccc(C(=O)NC(C)(C)C)cc3)CC2=O)c(F)c1. The lowest BCUT2D eigenvalue weighted by Crippen LogP contribution is -2.40. The molecule has 0 bridgehead atoms. The molecule has 1 atom stereocenters. The zero-order valence-corrected chi connectivity index (χ0v) is 17.6. The summed E-state index contributed by atoms with van der Waals surface area (Å²) in [7, 11) is 0. The number of nitrogens with zero attached hydrogens (tertiary/aromatic N) is 1. The summed E-state index contributed by atoms with van der Waals surface area (Å²) < 4.78 is 14.2. The number of halogens is 1. The number of hydrogen-bond acceptors (Lipinski definition) is 3. The molecule has 2 aromatic rings. The Morgan fingerprint density at radius 1 is 1.10 bits per heavy atom. The van der Waals surface area contributed by atoms with Gasteiger partial charge in [0.2, 0.25) is 11.8 Å². The molecule has 7 heteroatoms. The van der Waals surface area contributed by atoms with E-state index < -0.39 is 11.7 Å². The molecule has 0 aromatic heterocycles. The molecular formula is C23H26FN3O3. The number of benzene rings is 2. The lowest BCUT2D eigenvalue weighted by molar-refractivity contribution is -0.122. The molecule has 3 amide bonds. The highest BCUT2D eigenvalue weighted by Crippen LogP contribution is 2.28. The van der Waals surface area contributed by atoms with Gasteiger partial charge in [0, 0.05) is 29.8 Å². The first-order valence-corrected chi connectivity index (χ1v) is 9.83. The van der Waals surface area contributed by atoms with Gasteiger partial charge in [-0.15, -0.1) is 0 Å². The normalized spacial score (nSPS) is 16.5. The summed E-state index contributed by atoms with van der Waals surface area (Å²) in [4.78, 5) is 38.5. The number of anilines is 2. The minimum Gasteiger partial charge on any atom is -0.347 e. The van der Waals surface area contributed by atoms with Gasteiger partial charge in [-0.1, -0.05) is 6.07 Å². The molecule has 158 valence electrons. The summed E-state index contributed by atoms with van der Waals surface area (Å²) in [6.45, 7) is 7.58. The van der Waals surface area contributed by atoms with Gasteiger partial charge in [-0.3, -0.25) is 14.4 Å². The average molecular weight is 411 g/mol. The van der Waals surface area contributed by atoms with Gasteiger partial charge in [0.1, 0.15) is 5.82 Å². The monoisotopic (exact) mass is 411 g/mol. The molecule has 1 saturated heterocycles. The predicted molar refractivity (Wildman–Crippen MR) is 114 cm³/mol. The second-order valence-corrected chi connectivity index (χ2v) is 8.63. The number of hydrogen-bond donors (Lipinski definition) is 2. The number of carbonyl (C=O) groups is 3. The van der Waals surface area contributed by atoms with Crippen LogP contribution in [0.1, 0.15) is 43.1 Å². The van der Waals surface area contributed by atoms with Gasteiger partial charge in [-0.05, 0) is 69.7 Å². The first-order valence-electron chi connectivity index (χ1n) is 9.83. The number of aryl methyl sites for hydroxylation is 1. The minimum absolute atomic E-state index is 0.0191. The second-order valence-electron chi connectivity index (χ2n) is 8.63. The molecule has 6 nitrogen and oxygen atoms in total. The molecule has 1 unspecified atom stereocenters. The van der Waals surface area contributed by atoms with E-state index in [1.807, 2.05) is 20.8 Å². The molecule has 3 rings (SSSR count). The summed E-state index contributed by atoms with van der Waals surface area (Å²) in [5.74, 6) is -1.86. The number of rotatable bonds is 4. The van der Waals surface area contributed by atoms with E-state index >= 15 is 0 Å². The van der Waals surface area contributed by atoms with Crippen LogP contribution in [0.4, 0.5) is 15.8 Å². The quantitative estimate of drug-likeness (QED) is 0.806. The van der Waals surface area contributed by atoms with Crippen molar-refractivity contribution in [3.63, 3.8) is 0 Å². The molecule has 1 aliphatic rings. The molecule has 2 aromatic carbocycles. The van der Waals surface area contributed by atoms with Crippen molar-refractivity contribution < 1.29 is 18.8 Å². The van der Waals surface area contributed by atoms with Crippen LogP contribution in [0.5, 0.6) is 0 Å². The lowest BCUT2D eigenvalue weighted by atomic mass is 10.1. The van der Waals surface area contributed by atoms with Crippen LogP contribution < -0.4 is 15.5 Å². The van der Waals surface area contributed by atoms with Crippen molar-refractivity contribution in [2.45, 2.75) is 39.7 Å². The Kier molecular flexibility index (Phi) is 5.92. The van der Waals surface area contributed by atoms with Crippen LogP contribution in [0.3, 0.4) is 0 Å². The maximum absolute atomic E-state index is 14.2. The molecule has 1 heterocycles. The van der Waals surface area contributed by atoms with E-state index in [9.17, 15) is 18.8 Å². The Balaban J connectivity index is 1.64. The molecule has 0 radical (unpaired) electrons. The van der Waals surface area contributed by atoms with Gasteiger partial charge < -0.3 is 15.5 Å². The fourth-order valence-corrected chi connectivity index (χ4v) is 3.31. The van der Waals surface area contributed by atoms with Crippen molar-refractivity contribution >= 4 is 29.1 Å². The van der Waals surface area contributed by atoms with Crippen molar-refractivity contribution in [3.05, 3.63) is 59.4 Å². The highest BCUT2D eigenvalue weighted by molar-refractivity contribution is 6.03. The van der Waals surface area contributed by atoms with Gasteiger partial charge in [-0.2, -0.15) is 0 Å². The van der Waals surface area contributed by atoms with E-state index in [1.165, 1.54) is 11.0 Å². The maximum Gasteiger partial charge on any atom is 0.251 e. The predicted octanol–water partition coefficient (Wildman–Crippen LogP) is 3.65. The lowest BCUT2D eigenvalue weighted by Gasteiger charge is -2.20. The van der Waals surface area contributed by atoms with Gasteiger partial charge in [0.15, 0.2) is 0 Å². The molecule has 0 saturated carbocycles. The van der Waals surface area contributed by atoms with Gasteiger partial charge in [-0.25, -0.2) is 4.39 Å². The van der Waals surface area contributed by atoms with E-state index in [2.05, 4.69) is 10.6 Å². The third-order valence-corrected chi connectivity index (χ3v) is 4.79. The number of nitrogens with one attached hydrogen (secondary N) is 2. The van der Waals surface area contributed by atoms with Crippen molar-refractivity contribution in [1.29, 1.82) is 0 Å². The summed E-state index contributed by atoms with van der Waals surface area (Å²) in [6, 6.07) is 11.2. The zero-order valence-electron chi connectivity index (χ0n) is 17.6. The number of amides is 3. The molecule has 1 aliphatic heterocycles. The van der Waals surface area contributed by atoms with E-state index in [1.54, 1.807) is 43.3 Å². The Labute approximate surface area is 175 Å². The van der Waals surface area contributed by atoms with Crippen molar-refractivity contribution in [3.8, 4) is 0 Å². The molecule has 0 aliphatic carbocycles. The highest BCUT2D eigenvalue weighted by Gasteiger charge is 2.36. The second kappa shape index (κ2) is 8.26. The standard InChI is InChI=1S/C23H26FN3O3/c1-14-5-10-19(18(24)11-14)27-13-16(12-20(27)28)21(29)25-17-8-6-15(7-9-17)22(30)26-23(2,3)4/h5-11,16H,12-13H2,1-4H3,(H,25,29)(H,26,30). The fraction of sp³-hybridized carbons (Fsp3) is 0.348. The van der Waals surface area contributed by atoms with Crippen LogP contribution in [0, 0.1) is 18.7 Å².